The molecule has 1 fully saturated rings. The van der Waals surface area contributed by atoms with E-state index in [1.807, 2.05) is 54.6 Å². The SMILES string of the molecule is C[C@H]1COCCN1c1nc(-c2ccc(Nc3nccc(OCc4ccccc4)n3)cc2)nc2c1CCNC2. The molecule has 9 nitrogen and oxygen atoms in total. The molecule has 2 aliphatic rings. The standard InChI is InChI=1S/C29H31N7O2/c1-20-18-37-16-15-36(20)28-24-11-13-30-17-25(24)33-27(35-28)22-7-9-23(10-8-22)32-29-31-14-12-26(34-29)38-19-21-5-3-2-4-6-21/h2-10,12,14,20,30H,11,13,15-19H2,1H3,(H,31,32,34)/t20-/m0/s1. The average molecular weight is 510 g/mol. The number of nitrogens with zero attached hydrogens (tertiary/aromatic N) is 5. The Kier molecular flexibility index (Phi) is 7.10. The molecule has 0 bridgehead atoms. The second-order valence-electron chi connectivity index (χ2n) is 9.54. The first-order valence-electron chi connectivity index (χ1n) is 13.0. The number of benzene rings is 2. The van der Waals surface area contributed by atoms with E-state index in [1.165, 1.54) is 5.56 Å². The molecule has 0 spiro atoms. The molecular weight excluding hydrogens is 478 g/mol. The number of aromatic nitrogens is 4. The summed E-state index contributed by atoms with van der Waals surface area (Å²) in [5.74, 6) is 2.78. The van der Waals surface area contributed by atoms with Crippen molar-refractivity contribution in [3.8, 4) is 17.3 Å². The van der Waals surface area contributed by atoms with E-state index in [1.54, 1.807) is 12.3 Å². The van der Waals surface area contributed by atoms with Crippen LogP contribution in [0, 0.1) is 0 Å². The highest BCUT2D eigenvalue weighted by Gasteiger charge is 2.27. The maximum Gasteiger partial charge on any atom is 0.230 e. The van der Waals surface area contributed by atoms with Crippen LogP contribution >= 0.6 is 0 Å². The summed E-state index contributed by atoms with van der Waals surface area (Å²) in [7, 11) is 0. The maximum atomic E-state index is 5.84. The zero-order valence-electron chi connectivity index (χ0n) is 21.4. The lowest BCUT2D eigenvalue weighted by atomic mass is 10.0. The lowest BCUT2D eigenvalue weighted by molar-refractivity contribution is 0.0984. The minimum Gasteiger partial charge on any atom is -0.473 e. The highest BCUT2D eigenvalue weighted by Crippen LogP contribution is 2.30. The van der Waals surface area contributed by atoms with Crippen molar-refractivity contribution in [3.05, 3.63) is 83.7 Å². The predicted octanol–water partition coefficient (Wildman–Crippen LogP) is 4.13. The fourth-order valence-corrected chi connectivity index (χ4v) is 4.79. The van der Waals surface area contributed by atoms with Crippen molar-refractivity contribution in [1.29, 1.82) is 0 Å². The number of hydrogen-bond acceptors (Lipinski definition) is 9. The Morgan fingerprint density at radius 3 is 2.76 bits per heavy atom. The summed E-state index contributed by atoms with van der Waals surface area (Å²) >= 11 is 0. The van der Waals surface area contributed by atoms with Gasteiger partial charge in [0.25, 0.3) is 0 Å². The van der Waals surface area contributed by atoms with Crippen LogP contribution in [0.2, 0.25) is 0 Å². The highest BCUT2D eigenvalue weighted by molar-refractivity contribution is 5.65. The summed E-state index contributed by atoms with van der Waals surface area (Å²) in [6, 6.07) is 20.1. The van der Waals surface area contributed by atoms with Gasteiger partial charge in [0, 0.05) is 42.2 Å². The van der Waals surface area contributed by atoms with Gasteiger partial charge in [-0.1, -0.05) is 30.3 Å². The minimum atomic E-state index is 0.282. The smallest absolute Gasteiger partial charge is 0.230 e. The van der Waals surface area contributed by atoms with Gasteiger partial charge in [0.1, 0.15) is 12.4 Å². The van der Waals surface area contributed by atoms with Crippen LogP contribution in [0.1, 0.15) is 23.7 Å². The van der Waals surface area contributed by atoms with E-state index < -0.39 is 0 Å². The molecule has 4 heterocycles. The molecule has 2 N–H and O–H groups in total. The molecule has 2 aromatic carbocycles. The Bertz CT molecular complexity index is 1380. The van der Waals surface area contributed by atoms with Crippen molar-refractivity contribution < 1.29 is 9.47 Å². The molecule has 0 amide bonds. The summed E-state index contributed by atoms with van der Waals surface area (Å²) in [6.07, 6.45) is 2.62. The summed E-state index contributed by atoms with van der Waals surface area (Å²) in [5, 5.41) is 6.72. The van der Waals surface area contributed by atoms with Gasteiger partial charge in [0.2, 0.25) is 11.8 Å². The number of ether oxygens (including phenoxy) is 2. The fourth-order valence-electron chi connectivity index (χ4n) is 4.79. The van der Waals surface area contributed by atoms with Crippen LogP contribution < -0.4 is 20.3 Å². The predicted molar refractivity (Wildman–Crippen MR) is 147 cm³/mol. The maximum absolute atomic E-state index is 5.84. The molecule has 4 aromatic rings. The van der Waals surface area contributed by atoms with Crippen LogP contribution in [0.5, 0.6) is 5.88 Å². The number of fused-ring (bicyclic) bond motifs is 1. The van der Waals surface area contributed by atoms with E-state index in [0.29, 0.717) is 25.0 Å². The Hall–Kier alpha value is -4.08. The molecule has 0 aliphatic carbocycles. The molecule has 6 rings (SSSR count). The first-order chi connectivity index (χ1) is 18.7. The van der Waals surface area contributed by atoms with Crippen molar-refractivity contribution in [2.75, 3.05) is 36.5 Å². The number of hydrogen-bond donors (Lipinski definition) is 2. The van der Waals surface area contributed by atoms with Crippen LogP contribution in [0.15, 0.2) is 66.9 Å². The van der Waals surface area contributed by atoms with Crippen molar-refractivity contribution in [2.24, 2.45) is 0 Å². The Labute approximate surface area is 222 Å². The van der Waals surface area contributed by atoms with Gasteiger partial charge in [-0.05, 0) is 49.7 Å². The monoisotopic (exact) mass is 509 g/mol. The van der Waals surface area contributed by atoms with Gasteiger partial charge in [-0.15, -0.1) is 0 Å². The minimum absolute atomic E-state index is 0.282. The Morgan fingerprint density at radius 1 is 1.05 bits per heavy atom. The van der Waals surface area contributed by atoms with Gasteiger partial charge in [-0.25, -0.2) is 15.0 Å². The molecule has 0 radical (unpaired) electrons. The van der Waals surface area contributed by atoms with Crippen LogP contribution in [-0.4, -0.2) is 52.3 Å². The van der Waals surface area contributed by atoms with Gasteiger partial charge in [0.15, 0.2) is 5.82 Å². The van der Waals surface area contributed by atoms with Gasteiger partial charge in [-0.3, -0.25) is 0 Å². The first kappa shape index (κ1) is 24.3. The van der Waals surface area contributed by atoms with Gasteiger partial charge < -0.3 is 25.0 Å². The van der Waals surface area contributed by atoms with E-state index >= 15 is 0 Å². The van der Waals surface area contributed by atoms with E-state index in [0.717, 1.165) is 66.8 Å². The van der Waals surface area contributed by atoms with E-state index in [9.17, 15) is 0 Å². The summed E-state index contributed by atoms with van der Waals surface area (Å²) in [5.41, 5.74) is 5.26. The van der Waals surface area contributed by atoms with Crippen LogP contribution in [0.25, 0.3) is 11.4 Å². The Balaban J connectivity index is 1.19. The molecule has 1 saturated heterocycles. The molecule has 9 heteroatoms. The normalized spacial score (nSPS) is 17.1. The summed E-state index contributed by atoms with van der Waals surface area (Å²) in [6.45, 7) is 6.63. The van der Waals surface area contributed by atoms with Crippen molar-refractivity contribution >= 4 is 17.5 Å². The lowest BCUT2D eigenvalue weighted by Crippen LogP contribution is -2.45. The zero-order valence-corrected chi connectivity index (χ0v) is 21.4. The van der Waals surface area contributed by atoms with Crippen LogP contribution in [-0.2, 0) is 24.3 Å². The van der Waals surface area contributed by atoms with Crippen molar-refractivity contribution in [3.63, 3.8) is 0 Å². The topological polar surface area (TPSA) is 97.3 Å². The molecule has 2 aliphatic heterocycles. The second-order valence-corrected chi connectivity index (χ2v) is 9.54. The largest absolute Gasteiger partial charge is 0.473 e. The number of morpholine rings is 1. The van der Waals surface area contributed by atoms with Gasteiger partial charge in [-0.2, -0.15) is 4.98 Å². The van der Waals surface area contributed by atoms with E-state index in [-0.39, 0.29) is 6.04 Å². The third-order valence-electron chi connectivity index (χ3n) is 6.81. The van der Waals surface area contributed by atoms with E-state index in [4.69, 9.17) is 19.4 Å². The molecule has 0 unspecified atom stereocenters. The summed E-state index contributed by atoms with van der Waals surface area (Å²) in [4.78, 5) is 21.2. The van der Waals surface area contributed by atoms with Crippen molar-refractivity contribution in [2.45, 2.75) is 32.5 Å². The Morgan fingerprint density at radius 2 is 1.92 bits per heavy atom. The summed E-state index contributed by atoms with van der Waals surface area (Å²) < 4.78 is 11.5. The fraction of sp³-hybridized carbons (Fsp3) is 0.310. The number of rotatable bonds is 7. The van der Waals surface area contributed by atoms with Gasteiger partial charge >= 0.3 is 0 Å². The third kappa shape index (κ3) is 5.44. The number of anilines is 3. The quantitative estimate of drug-likeness (QED) is 0.381. The highest BCUT2D eigenvalue weighted by atomic mass is 16.5. The zero-order chi connectivity index (χ0) is 25.7. The van der Waals surface area contributed by atoms with Crippen LogP contribution in [0.4, 0.5) is 17.5 Å². The lowest BCUT2D eigenvalue weighted by Gasteiger charge is -2.36. The molecule has 2 aromatic heterocycles. The van der Waals surface area contributed by atoms with E-state index in [2.05, 4.69) is 32.4 Å². The number of nitrogens with one attached hydrogen (secondary N) is 2. The molecular formula is C29H31N7O2. The molecule has 1 atom stereocenters. The molecule has 194 valence electrons. The first-order valence-corrected chi connectivity index (χ1v) is 13.0. The molecule has 38 heavy (non-hydrogen) atoms. The average Bonchev–Trinajstić information content (AvgIpc) is 2.97. The molecule has 0 saturated carbocycles. The third-order valence-corrected chi connectivity index (χ3v) is 6.81. The van der Waals surface area contributed by atoms with Crippen LogP contribution in [0.3, 0.4) is 0 Å². The van der Waals surface area contributed by atoms with Gasteiger partial charge in [0.05, 0.1) is 24.9 Å². The van der Waals surface area contributed by atoms with Crippen molar-refractivity contribution in [1.82, 2.24) is 25.3 Å². The second kappa shape index (κ2) is 11.1.